The summed E-state index contributed by atoms with van der Waals surface area (Å²) in [5.74, 6) is 0.532. The van der Waals surface area contributed by atoms with Gasteiger partial charge in [0.25, 0.3) is 0 Å². The van der Waals surface area contributed by atoms with Crippen LogP contribution in [0.5, 0.6) is 5.75 Å². The van der Waals surface area contributed by atoms with Crippen LogP contribution in [-0.4, -0.2) is 23.8 Å². The number of aryl methyl sites for hydroxylation is 1. The molecule has 1 aromatic heterocycles. The minimum absolute atomic E-state index is 0.110. The van der Waals surface area contributed by atoms with Gasteiger partial charge in [0.1, 0.15) is 11.4 Å². The zero-order valence-corrected chi connectivity index (χ0v) is 12.7. The summed E-state index contributed by atoms with van der Waals surface area (Å²) >= 11 is 1.25. The highest BCUT2D eigenvalue weighted by molar-refractivity contribution is 7.14. The third kappa shape index (κ3) is 4.13. The molecule has 1 heterocycles. The van der Waals surface area contributed by atoms with E-state index in [0.717, 1.165) is 11.3 Å². The standard InChI is InChI=1S/C15H16N2O3S/c1-10(18)12-9-21-15(16-12)17-14(19)8-7-11-5-3-4-6-13(11)20-2/h3-6,9H,7-8H2,1-2H3,(H,16,17,19). The van der Waals surface area contributed by atoms with Gasteiger partial charge in [0.15, 0.2) is 10.9 Å². The number of amides is 1. The smallest absolute Gasteiger partial charge is 0.226 e. The molecule has 0 aliphatic carbocycles. The fourth-order valence-electron chi connectivity index (χ4n) is 1.83. The van der Waals surface area contributed by atoms with E-state index in [1.807, 2.05) is 24.3 Å². The van der Waals surface area contributed by atoms with Crippen molar-refractivity contribution >= 4 is 28.2 Å². The number of carbonyl (C=O) groups is 2. The van der Waals surface area contributed by atoms with Crippen LogP contribution in [0.25, 0.3) is 0 Å². The highest BCUT2D eigenvalue weighted by Gasteiger charge is 2.10. The Kier molecular flexibility index (Phi) is 5.05. The molecule has 0 saturated heterocycles. The lowest BCUT2D eigenvalue weighted by atomic mass is 10.1. The van der Waals surface area contributed by atoms with Crippen molar-refractivity contribution in [3.8, 4) is 5.75 Å². The van der Waals surface area contributed by atoms with E-state index < -0.39 is 0 Å². The van der Waals surface area contributed by atoms with Crippen LogP contribution in [0, 0.1) is 0 Å². The molecule has 0 atom stereocenters. The van der Waals surface area contributed by atoms with Crippen molar-refractivity contribution < 1.29 is 14.3 Å². The van der Waals surface area contributed by atoms with Crippen LogP contribution in [0.15, 0.2) is 29.6 Å². The number of thiazole rings is 1. The maximum atomic E-state index is 11.9. The minimum atomic E-state index is -0.134. The Morgan fingerprint density at radius 1 is 1.33 bits per heavy atom. The van der Waals surface area contributed by atoms with Gasteiger partial charge < -0.3 is 10.1 Å². The number of anilines is 1. The number of aromatic nitrogens is 1. The van der Waals surface area contributed by atoms with Gasteiger partial charge in [-0.3, -0.25) is 9.59 Å². The number of para-hydroxylation sites is 1. The highest BCUT2D eigenvalue weighted by atomic mass is 32.1. The van der Waals surface area contributed by atoms with E-state index in [9.17, 15) is 9.59 Å². The maximum absolute atomic E-state index is 11.9. The summed E-state index contributed by atoms with van der Waals surface area (Å²) in [6, 6.07) is 7.60. The summed E-state index contributed by atoms with van der Waals surface area (Å²) in [6.45, 7) is 1.45. The van der Waals surface area contributed by atoms with Crippen molar-refractivity contribution in [1.29, 1.82) is 0 Å². The first kappa shape index (κ1) is 15.2. The van der Waals surface area contributed by atoms with Gasteiger partial charge in [-0.05, 0) is 18.1 Å². The SMILES string of the molecule is COc1ccccc1CCC(=O)Nc1nc(C(C)=O)cs1. The lowest BCUT2D eigenvalue weighted by Crippen LogP contribution is -2.12. The summed E-state index contributed by atoms with van der Waals surface area (Å²) < 4.78 is 5.25. The third-order valence-electron chi connectivity index (χ3n) is 2.93. The van der Waals surface area contributed by atoms with Crippen molar-refractivity contribution in [3.63, 3.8) is 0 Å². The van der Waals surface area contributed by atoms with Gasteiger partial charge in [-0.1, -0.05) is 18.2 Å². The largest absolute Gasteiger partial charge is 0.496 e. The Morgan fingerprint density at radius 3 is 2.76 bits per heavy atom. The van der Waals surface area contributed by atoms with E-state index in [1.54, 1.807) is 12.5 Å². The molecule has 2 aromatic rings. The first-order valence-electron chi connectivity index (χ1n) is 6.48. The van der Waals surface area contributed by atoms with Crippen molar-refractivity contribution in [2.24, 2.45) is 0 Å². The molecule has 5 nitrogen and oxygen atoms in total. The van der Waals surface area contributed by atoms with Gasteiger partial charge in [-0.2, -0.15) is 0 Å². The molecular weight excluding hydrogens is 288 g/mol. The molecule has 6 heteroatoms. The van der Waals surface area contributed by atoms with Gasteiger partial charge >= 0.3 is 0 Å². The van der Waals surface area contributed by atoms with E-state index in [4.69, 9.17) is 4.74 Å². The van der Waals surface area contributed by atoms with Gasteiger partial charge in [0, 0.05) is 18.7 Å². The number of nitrogens with one attached hydrogen (secondary N) is 1. The molecule has 110 valence electrons. The summed E-state index contributed by atoms with van der Waals surface area (Å²) in [7, 11) is 1.61. The quantitative estimate of drug-likeness (QED) is 0.833. The summed E-state index contributed by atoms with van der Waals surface area (Å²) in [4.78, 5) is 27.1. The Hall–Kier alpha value is -2.21. The molecule has 0 spiro atoms. The number of rotatable bonds is 6. The van der Waals surface area contributed by atoms with Crippen LogP contribution >= 0.6 is 11.3 Å². The van der Waals surface area contributed by atoms with E-state index in [0.29, 0.717) is 23.7 Å². The Bertz CT molecular complexity index is 652. The van der Waals surface area contributed by atoms with Crippen molar-refractivity contribution in [2.45, 2.75) is 19.8 Å². The molecule has 1 N–H and O–H groups in total. The van der Waals surface area contributed by atoms with Crippen LogP contribution in [0.4, 0.5) is 5.13 Å². The fraction of sp³-hybridized carbons (Fsp3) is 0.267. The Labute approximate surface area is 127 Å². The van der Waals surface area contributed by atoms with Crippen LogP contribution in [0.2, 0.25) is 0 Å². The first-order chi connectivity index (χ1) is 10.1. The Balaban J connectivity index is 1.91. The van der Waals surface area contributed by atoms with Crippen LogP contribution in [0.3, 0.4) is 0 Å². The van der Waals surface area contributed by atoms with Crippen LogP contribution in [0.1, 0.15) is 29.4 Å². The van der Waals surface area contributed by atoms with E-state index >= 15 is 0 Å². The second-order valence-electron chi connectivity index (χ2n) is 4.45. The predicted molar refractivity (Wildman–Crippen MR) is 82.1 cm³/mol. The van der Waals surface area contributed by atoms with Gasteiger partial charge in [-0.15, -0.1) is 11.3 Å². The second kappa shape index (κ2) is 6.99. The molecule has 0 saturated carbocycles. The van der Waals surface area contributed by atoms with Gasteiger partial charge in [-0.25, -0.2) is 4.98 Å². The lowest BCUT2D eigenvalue weighted by Gasteiger charge is -2.07. The molecule has 2 rings (SSSR count). The lowest BCUT2D eigenvalue weighted by molar-refractivity contribution is -0.116. The number of ether oxygens (including phenoxy) is 1. The van der Waals surface area contributed by atoms with Crippen molar-refractivity contribution in [2.75, 3.05) is 12.4 Å². The molecule has 0 fully saturated rings. The molecule has 0 radical (unpaired) electrons. The topological polar surface area (TPSA) is 68.3 Å². The van der Waals surface area contributed by atoms with Crippen molar-refractivity contribution in [3.05, 3.63) is 40.9 Å². The minimum Gasteiger partial charge on any atom is -0.496 e. The van der Waals surface area contributed by atoms with E-state index in [-0.39, 0.29) is 11.7 Å². The number of ketones is 1. The zero-order valence-electron chi connectivity index (χ0n) is 11.9. The number of nitrogens with zero attached hydrogens (tertiary/aromatic N) is 1. The number of benzene rings is 1. The summed E-state index contributed by atoms with van der Waals surface area (Å²) in [6.07, 6.45) is 0.913. The average Bonchev–Trinajstić information content (AvgIpc) is 2.94. The zero-order chi connectivity index (χ0) is 15.2. The monoisotopic (exact) mass is 304 g/mol. The Morgan fingerprint density at radius 2 is 2.10 bits per heavy atom. The molecule has 0 unspecified atom stereocenters. The summed E-state index contributed by atoms with van der Waals surface area (Å²) in [5.41, 5.74) is 1.36. The normalized spacial score (nSPS) is 10.2. The highest BCUT2D eigenvalue weighted by Crippen LogP contribution is 2.20. The number of carbonyl (C=O) groups excluding carboxylic acids is 2. The molecule has 0 aliphatic heterocycles. The molecule has 0 bridgehead atoms. The van der Waals surface area contributed by atoms with Gasteiger partial charge in [0.05, 0.1) is 7.11 Å². The summed E-state index contributed by atoms with van der Waals surface area (Å²) in [5, 5.41) is 4.79. The van der Waals surface area contributed by atoms with E-state index in [2.05, 4.69) is 10.3 Å². The molecule has 0 aliphatic rings. The first-order valence-corrected chi connectivity index (χ1v) is 7.36. The third-order valence-corrected chi connectivity index (χ3v) is 3.68. The molecule has 1 aromatic carbocycles. The average molecular weight is 304 g/mol. The van der Waals surface area contributed by atoms with Crippen LogP contribution in [-0.2, 0) is 11.2 Å². The van der Waals surface area contributed by atoms with Crippen LogP contribution < -0.4 is 10.1 Å². The molecule has 1 amide bonds. The van der Waals surface area contributed by atoms with Crippen molar-refractivity contribution in [1.82, 2.24) is 4.98 Å². The predicted octanol–water partition coefficient (Wildman–Crippen LogP) is 2.93. The maximum Gasteiger partial charge on any atom is 0.226 e. The van der Waals surface area contributed by atoms with E-state index in [1.165, 1.54) is 18.3 Å². The van der Waals surface area contributed by atoms with Gasteiger partial charge in [0.2, 0.25) is 5.91 Å². The molecule has 21 heavy (non-hydrogen) atoms. The number of methoxy groups -OCH3 is 1. The number of Topliss-reactive ketones (excluding diaryl/α,β-unsaturated/α-hetero) is 1. The number of hydrogen-bond donors (Lipinski definition) is 1. The second-order valence-corrected chi connectivity index (χ2v) is 5.31. The number of hydrogen-bond acceptors (Lipinski definition) is 5. The fourth-order valence-corrected chi connectivity index (χ4v) is 2.60. The molecular formula is C15H16N2O3S.